The zero-order valence-corrected chi connectivity index (χ0v) is 13.1. The van der Waals surface area contributed by atoms with Crippen molar-refractivity contribution in [2.45, 2.75) is 46.1 Å². The maximum atomic E-state index is 5.63. The van der Waals surface area contributed by atoms with Crippen molar-refractivity contribution in [1.29, 1.82) is 0 Å². The first-order valence-corrected chi connectivity index (χ1v) is 7.43. The van der Waals surface area contributed by atoms with Gasteiger partial charge < -0.3 is 14.6 Å². The summed E-state index contributed by atoms with van der Waals surface area (Å²) in [4.78, 5) is 4.41. The largest absolute Gasteiger partial charge is 0.494 e. The average Bonchev–Trinajstić information content (AvgIpc) is 2.95. The molecule has 0 radical (unpaired) electrons. The minimum atomic E-state index is -0.0496. The summed E-state index contributed by atoms with van der Waals surface area (Å²) in [6, 6.07) is 7.84. The summed E-state index contributed by atoms with van der Waals surface area (Å²) in [6.45, 7) is 8.90. The lowest BCUT2D eigenvalue weighted by molar-refractivity contribution is 0.317. The van der Waals surface area contributed by atoms with Crippen molar-refractivity contribution in [3.63, 3.8) is 0 Å². The zero-order valence-electron chi connectivity index (χ0n) is 13.1. The Labute approximate surface area is 125 Å². The van der Waals surface area contributed by atoms with Gasteiger partial charge in [-0.2, -0.15) is 4.98 Å². The minimum absolute atomic E-state index is 0.0496. The zero-order chi connectivity index (χ0) is 15.2. The number of nitrogens with one attached hydrogen (secondary N) is 1. The summed E-state index contributed by atoms with van der Waals surface area (Å²) in [6.07, 6.45) is 0.994. The van der Waals surface area contributed by atoms with Gasteiger partial charge >= 0.3 is 0 Å². The van der Waals surface area contributed by atoms with Gasteiger partial charge in [0.1, 0.15) is 11.8 Å². The lowest BCUT2D eigenvalue weighted by Crippen LogP contribution is -2.07. The fourth-order valence-electron chi connectivity index (χ4n) is 1.86. The molecular formula is C16H23N3O2. The van der Waals surface area contributed by atoms with Crippen molar-refractivity contribution in [3.05, 3.63) is 36.0 Å². The van der Waals surface area contributed by atoms with Crippen LogP contribution in [0.2, 0.25) is 0 Å². The molecule has 114 valence electrons. The number of anilines is 1. The van der Waals surface area contributed by atoms with Crippen molar-refractivity contribution < 1.29 is 9.26 Å². The van der Waals surface area contributed by atoms with E-state index in [1.54, 1.807) is 0 Å². The summed E-state index contributed by atoms with van der Waals surface area (Å²) in [7, 11) is 0. The molecule has 5 nitrogen and oxygen atoms in total. The molecule has 1 aromatic carbocycles. The van der Waals surface area contributed by atoms with E-state index in [2.05, 4.69) is 22.4 Å². The van der Waals surface area contributed by atoms with Crippen LogP contribution < -0.4 is 10.1 Å². The standard InChI is InChI=1S/C16H23N3O2/c1-5-9-20-14-8-6-7-13(10-14)17-12(4)16-18-15(11(2)3)19-21-16/h6-8,10-12,17H,5,9H2,1-4H3. The molecule has 2 aromatic rings. The molecule has 0 fully saturated rings. The van der Waals surface area contributed by atoms with E-state index in [1.807, 2.05) is 45.0 Å². The second kappa shape index (κ2) is 7.11. The summed E-state index contributed by atoms with van der Waals surface area (Å²) in [5.41, 5.74) is 0.973. The topological polar surface area (TPSA) is 60.2 Å². The van der Waals surface area contributed by atoms with Gasteiger partial charge in [0, 0.05) is 17.7 Å². The fourth-order valence-corrected chi connectivity index (χ4v) is 1.86. The molecule has 1 unspecified atom stereocenters. The maximum Gasteiger partial charge on any atom is 0.248 e. The molecule has 0 amide bonds. The van der Waals surface area contributed by atoms with Crippen LogP contribution in [0, 0.1) is 0 Å². The molecule has 1 aromatic heterocycles. The molecule has 0 aliphatic heterocycles. The van der Waals surface area contributed by atoms with Crippen molar-refractivity contribution in [2.24, 2.45) is 0 Å². The van der Waals surface area contributed by atoms with Crippen LogP contribution in [0.5, 0.6) is 5.75 Å². The van der Waals surface area contributed by atoms with Crippen LogP contribution in [0.4, 0.5) is 5.69 Å². The minimum Gasteiger partial charge on any atom is -0.494 e. The molecule has 0 bridgehead atoms. The van der Waals surface area contributed by atoms with E-state index >= 15 is 0 Å². The number of benzene rings is 1. The third kappa shape index (κ3) is 4.21. The van der Waals surface area contributed by atoms with E-state index in [-0.39, 0.29) is 12.0 Å². The number of hydrogen-bond acceptors (Lipinski definition) is 5. The Bertz CT molecular complexity index is 566. The number of aromatic nitrogens is 2. The highest BCUT2D eigenvalue weighted by Crippen LogP contribution is 2.23. The fraction of sp³-hybridized carbons (Fsp3) is 0.500. The van der Waals surface area contributed by atoms with Crippen molar-refractivity contribution in [1.82, 2.24) is 10.1 Å². The van der Waals surface area contributed by atoms with Gasteiger partial charge in [-0.25, -0.2) is 0 Å². The normalized spacial score (nSPS) is 12.4. The molecule has 0 spiro atoms. The van der Waals surface area contributed by atoms with E-state index in [9.17, 15) is 0 Å². The first kappa shape index (κ1) is 15.4. The summed E-state index contributed by atoms with van der Waals surface area (Å²) >= 11 is 0. The van der Waals surface area contributed by atoms with Gasteiger partial charge in [-0.15, -0.1) is 0 Å². The lowest BCUT2D eigenvalue weighted by atomic mass is 10.2. The van der Waals surface area contributed by atoms with Crippen molar-refractivity contribution in [3.8, 4) is 5.75 Å². The number of hydrogen-bond donors (Lipinski definition) is 1. The third-order valence-electron chi connectivity index (χ3n) is 3.03. The van der Waals surface area contributed by atoms with Gasteiger partial charge in [-0.05, 0) is 25.5 Å². The highest BCUT2D eigenvalue weighted by atomic mass is 16.5. The predicted octanol–water partition coefficient (Wildman–Crippen LogP) is 4.15. The molecule has 0 aliphatic carbocycles. The van der Waals surface area contributed by atoms with Crippen LogP contribution in [0.25, 0.3) is 0 Å². The van der Waals surface area contributed by atoms with Crippen LogP contribution in [-0.4, -0.2) is 16.7 Å². The molecule has 5 heteroatoms. The molecule has 1 N–H and O–H groups in total. The van der Waals surface area contributed by atoms with Gasteiger partial charge in [0.2, 0.25) is 5.89 Å². The first-order valence-electron chi connectivity index (χ1n) is 7.43. The Kier molecular flexibility index (Phi) is 5.20. The molecule has 1 atom stereocenters. The Balaban J connectivity index is 2.02. The van der Waals surface area contributed by atoms with E-state index < -0.39 is 0 Å². The molecule has 0 saturated carbocycles. The van der Waals surface area contributed by atoms with Crippen LogP contribution in [0.3, 0.4) is 0 Å². The van der Waals surface area contributed by atoms with Gasteiger partial charge in [0.05, 0.1) is 6.61 Å². The molecule has 0 aliphatic rings. The molecule has 2 rings (SSSR count). The molecule has 21 heavy (non-hydrogen) atoms. The molecule has 0 saturated heterocycles. The van der Waals surface area contributed by atoms with E-state index in [4.69, 9.17) is 9.26 Å². The summed E-state index contributed by atoms with van der Waals surface area (Å²) in [5.74, 6) is 2.46. The lowest BCUT2D eigenvalue weighted by Gasteiger charge is -2.12. The SMILES string of the molecule is CCCOc1cccc(NC(C)c2nc(C(C)C)no2)c1. The highest BCUT2D eigenvalue weighted by molar-refractivity contribution is 5.49. The van der Waals surface area contributed by atoms with Crippen LogP contribution >= 0.6 is 0 Å². The second-order valence-electron chi connectivity index (χ2n) is 5.39. The Morgan fingerprint density at radius 2 is 2.10 bits per heavy atom. The second-order valence-corrected chi connectivity index (χ2v) is 5.39. The van der Waals surface area contributed by atoms with Gasteiger partial charge in [-0.1, -0.05) is 32.0 Å². The molecule has 1 heterocycles. The van der Waals surface area contributed by atoms with Crippen molar-refractivity contribution in [2.75, 3.05) is 11.9 Å². The smallest absolute Gasteiger partial charge is 0.248 e. The van der Waals surface area contributed by atoms with Gasteiger partial charge in [0.25, 0.3) is 0 Å². The Morgan fingerprint density at radius 3 is 2.76 bits per heavy atom. The quantitative estimate of drug-likeness (QED) is 0.829. The van der Waals surface area contributed by atoms with E-state index in [1.165, 1.54) is 0 Å². The summed E-state index contributed by atoms with van der Waals surface area (Å²) in [5, 5.41) is 7.34. The van der Waals surface area contributed by atoms with Crippen molar-refractivity contribution >= 4 is 5.69 Å². The molecular weight excluding hydrogens is 266 g/mol. The maximum absolute atomic E-state index is 5.63. The van der Waals surface area contributed by atoms with Gasteiger partial charge in [-0.3, -0.25) is 0 Å². The van der Waals surface area contributed by atoms with Crippen LogP contribution in [0.15, 0.2) is 28.8 Å². The van der Waals surface area contributed by atoms with Gasteiger partial charge in [0.15, 0.2) is 5.82 Å². The highest BCUT2D eigenvalue weighted by Gasteiger charge is 2.15. The number of ether oxygens (including phenoxy) is 1. The van der Waals surface area contributed by atoms with E-state index in [0.717, 1.165) is 30.3 Å². The average molecular weight is 289 g/mol. The third-order valence-corrected chi connectivity index (χ3v) is 3.03. The Morgan fingerprint density at radius 1 is 1.29 bits per heavy atom. The number of rotatable bonds is 7. The van der Waals surface area contributed by atoms with Crippen LogP contribution in [-0.2, 0) is 0 Å². The Hall–Kier alpha value is -2.04. The summed E-state index contributed by atoms with van der Waals surface area (Å²) < 4.78 is 10.9. The first-order chi connectivity index (χ1) is 10.1. The predicted molar refractivity (Wildman–Crippen MR) is 82.7 cm³/mol. The number of nitrogens with zero attached hydrogens (tertiary/aromatic N) is 2. The van der Waals surface area contributed by atoms with E-state index in [0.29, 0.717) is 5.89 Å². The van der Waals surface area contributed by atoms with Crippen LogP contribution in [0.1, 0.15) is 57.8 Å². The monoisotopic (exact) mass is 289 g/mol.